The minimum Gasteiger partial charge on any atom is -0.382 e. The Morgan fingerprint density at radius 3 is 2.38 bits per heavy atom. The molecule has 3 aromatic rings. The number of nitrogens with one attached hydrogen (secondary N) is 1. The number of nitriles is 1. The van der Waals surface area contributed by atoms with Crippen molar-refractivity contribution in [2.75, 3.05) is 11.1 Å². The highest BCUT2D eigenvalue weighted by atomic mass is 35.5. The van der Waals surface area contributed by atoms with Gasteiger partial charge in [-0.1, -0.05) is 54.1 Å². The van der Waals surface area contributed by atoms with Crippen molar-refractivity contribution >= 4 is 29.0 Å². The third kappa shape index (κ3) is 3.82. The van der Waals surface area contributed by atoms with Crippen molar-refractivity contribution in [2.24, 2.45) is 0 Å². The number of rotatable bonds is 4. The van der Waals surface area contributed by atoms with Gasteiger partial charge in [0.15, 0.2) is 0 Å². The number of nitrogens with two attached hydrogens (primary N) is 1. The van der Waals surface area contributed by atoms with Gasteiger partial charge in [-0.05, 0) is 29.3 Å². The molecule has 1 atom stereocenters. The number of nitrogens with zero attached hydrogens (tertiary/aromatic N) is 2. The first kappa shape index (κ1) is 17.5. The van der Waals surface area contributed by atoms with Crippen molar-refractivity contribution in [3.8, 4) is 6.07 Å². The summed E-state index contributed by atoms with van der Waals surface area (Å²) >= 11 is 5.89. The van der Waals surface area contributed by atoms with Gasteiger partial charge < -0.3 is 11.1 Å². The number of hydrogen-bond acceptors (Lipinski definition) is 4. The summed E-state index contributed by atoms with van der Waals surface area (Å²) in [7, 11) is 0. The summed E-state index contributed by atoms with van der Waals surface area (Å²) in [5.74, 6) is -0.524. The molecule has 0 aliphatic rings. The number of nitrogen functional groups attached to an aromatic ring is 1. The highest BCUT2D eigenvalue weighted by Gasteiger charge is 2.14. The molecule has 128 valence electrons. The number of halogens is 1. The van der Waals surface area contributed by atoms with Crippen LogP contribution in [0.5, 0.6) is 0 Å². The molecular weight excluding hydrogens is 348 g/mol. The Morgan fingerprint density at radius 1 is 1.12 bits per heavy atom. The number of carbonyl (C=O) groups excluding carboxylic acids is 1. The first-order valence-corrected chi connectivity index (χ1v) is 8.23. The topological polar surface area (TPSA) is 91.8 Å². The largest absolute Gasteiger partial charge is 0.382 e. The molecule has 0 radical (unpaired) electrons. The first-order valence-electron chi connectivity index (χ1n) is 7.85. The van der Waals surface area contributed by atoms with Crippen LogP contribution in [0.15, 0.2) is 66.9 Å². The molecule has 0 fully saturated rings. The van der Waals surface area contributed by atoms with Gasteiger partial charge in [-0.3, -0.25) is 4.79 Å². The summed E-state index contributed by atoms with van der Waals surface area (Å²) in [6, 6.07) is 20.5. The molecular formula is C20H15ClN4O. The molecule has 2 aromatic carbocycles. The molecule has 6 heteroatoms. The zero-order valence-electron chi connectivity index (χ0n) is 13.7. The first-order chi connectivity index (χ1) is 12.6. The maximum Gasteiger partial charge on any atom is 0.257 e. The molecule has 0 saturated heterocycles. The lowest BCUT2D eigenvalue weighted by atomic mass is 9.92. The van der Waals surface area contributed by atoms with Crippen molar-refractivity contribution < 1.29 is 4.79 Å². The van der Waals surface area contributed by atoms with Crippen molar-refractivity contribution in [2.45, 2.75) is 5.92 Å². The van der Waals surface area contributed by atoms with Crippen LogP contribution in [-0.4, -0.2) is 10.9 Å². The van der Waals surface area contributed by atoms with Crippen LogP contribution in [-0.2, 0) is 0 Å². The molecule has 3 rings (SSSR count). The normalized spacial score (nSPS) is 11.4. The Balaban J connectivity index is 1.76. The molecule has 26 heavy (non-hydrogen) atoms. The molecule has 0 bridgehead atoms. The zero-order chi connectivity index (χ0) is 18.5. The van der Waals surface area contributed by atoms with Crippen LogP contribution in [0.25, 0.3) is 0 Å². The summed E-state index contributed by atoms with van der Waals surface area (Å²) in [6.45, 7) is 0. The Kier molecular flexibility index (Phi) is 5.16. The lowest BCUT2D eigenvalue weighted by Gasteiger charge is -2.11. The molecule has 0 spiro atoms. The summed E-state index contributed by atoms with van der Waals surface area (Å²) < 4.78 is 0. The standard InChI is InChI=1S/C20H15ClN4O/c21-18-10-15(12-24-19(18)23)20(26)25-16-8-6-14(7-9-16)17(11-22)13-4-2-1-3-5-13/h1-10,12,17H,(H2,23,24)(H,25,26). The van der Waals surface area contributed by atoms with Crippen LogP contribution < -0.4 is 11.1 Å². The van der Waals surface area contributed by atoms with Gasteiger partial charge in [0.2, 0.25) is 0 Å². The highest BCUT2D eigenvalue weighted by molar-refractivity contribution is 6.33. The van der Waals surface area contributed by atoms with Crippen LogP contribution in [0.1, 0.15) is 27.4 Å². The molecule has 5 nitrogen and oxygen atoms in total. The fraction of sp³-hybridized carbons (Fsp3) is 0.0500. The predicted molar refractivity (Wildman–Crippen MR) is 102 cm³/mol. The van der Waals surface area contributed by atoms with E-state index in [1.54, 1.807) is 12.1 Å². The Bertz CT molecular complexity index is 965. The van der Waals surface area contributed by atoms with E-state index in [4.69, 9.17) is 17.3 Å². The Labute approximate surface area is 156 Å². The number of anilines is 2. The number of amides is 1. The average molecular weight is 363 g/mol. The van der Waals surface area contributed by atoms with Gasteiger partial charge in [-0.15, -0.1) is 0 Å². The van der Waals surface area contributed by atoms with Crippen molar-refractivity contribution in [1.29, 1.82) is 5.26 Å². The average Bonchev–Trinajstić information content (AvgIpc) is 2.67. The van der Waals surface area contributed by atoms with Gasteiger partial charge in [0.1, 0.15) is 5.82 Å². The van der Waals surface area contributed by atoms with Crippen LogP contribution in [0.4, 0.5) is 11.5 Å². The monoisotopic (exact) mass is 362 g/mol. The minimum atomic E-state index is -0.360. The number of aromatic nitrogens is 1. The summed E-state index contributed by atoms with van der Waals surface area (Å²) in [6.07, 6.45) is 1.37. The highest BCUT2D eigenvalue weighted by Crippen LogP contribution is 2.25. The SMILES string of the molecule is N#CC(c1ccccc1)c1ccc(NC(=O)c2cnc(N)c(Cl)c2)cc1. The van der Waals surface area contributed by atoms with Crippen molar-refractivity contribution in [3.63, 3.8) is 0 Å². The van der Waals surface area contributed by atoms with E-state index in [-0.39, 0.29) is 22.7 Å². The van der Waals surface area contributed by atoms with E-state index in [0.717, 1.165) is 11.1 Å². The lowest BCUT2D eigenvalue weighted by Crippen LogP contribution is -2.12. The van der Waals surface area contributed by atoms with Gasteiger partial charge in [0.05, 0.1) is 22.6 Å². The predicted octanol–water partition coefficient (Wildman–Crippen LogP) is 4.22. The quantitative estimate of drug-likeness (QED) is 0.726. The van der Waals surface area contributed by atoms with Crippen molar-refractivity contribution in [1.82, 2.24) is 4.98 Å². The minimum absolute atomic E-state index is 0.177. The van der Waals surface area contributed by atoms with Crippen LogP contribution in [0.2, 0.25) is 5.02 Å². The molecule has 1 amide bonds. The Hall–Kier alpha value is -3.36. The third-order valence-corrected chi connectivity index (χ3v) is 4.20. The smallest absolute Gasteiger partial charge is 0.257 e. The number of hydrogen-bond donors (Lipinski definition) is 2. The molecule has 0 aliphatic heterocycles. The maximum atomic E-state index is 12.3. The second kappa shape index (κ2) is 7.68. The van der Waals surface area contributed by atoms with Crippen LogP contribution in [0, 0.1) is 11.3 Å². The Morgan fingerprint density at radius 2 is 1.77 bits per heavy atom. The van der Waals surface area contributed by atoms with E-state index < -0.39 is 0 Å². The van der Waals surface area contributed by atoms with Gasteiger partial charge in [0, 0.05) is 11.9 Å². The van der Waals surface area contributed by atoms with Gasteiger partial charge >= 0.3 is 0 Å². The van der Waals surface area contributed by atoms with Gasteiger partial charge in [-0.25, -0.2) is 4.98 Å². The summed E-state index contributed by atoms with van der Waals surface area (Å²) in [4.78, 5) is 16.1. The number of benzene rings is 2. The maximum absolute atomic E-state index is 12.3. The van der Waals surface area contributed by atoms with E-state index in [9.17, 15) is 10.1 Å². The van der Waals surface area contributed by atoms with E-state index in [1.165, 1.54) is 12.3 Å². The molecule has 1 unspecified atom stereocenters. The van der Waals surface area contributed by atoms with Gasteiger partial charge in [0.25, 0.3) is 5.91 Å². The van der Waals surface area contributed by atoms with E-state index >= 15 is 0 Å². The molecule has 0 saturated carbocycles. The number of pyridine rings is 1. The molecule has 1 heterocycles. The van der Waals surface area contributed by atoms with E-state index in [1.807, 2.05) is 42.5 Å². The van der Waals surface area contributed by atoms with Crippen LogP contribution in [0.3, 0.4) is 0 Å². The second-order valence-electron chi connectivity index (χ2n) is 5.64. The fourth-order valence-corrected chi connectivity index (χ4v) is 2.69. The van der Waals surface area contributed by atoms with Gasteiger partial charge in [-0.2, -0.15) is 5.26 Å². The fourth-order valence-electron chi connectivity index (χ4n) is 2.52. The van der Waals surface area contributed by atoms with E-state index in [0.29, 0.717) is 11.3 Å². The molecule has 0 aliphatic carbocycles. The second-order valence-corrected chi connectivity index (χ2v) is 6.05. The van der Waals surface area contributed by atoms with E-state index in [2.05, 4.69) is 16.4 Å². The zero-order valence-corrected chi connectivity index (χ0v) is 14.4. The lowest BCUT2D eigenvalue weighted by molar-refractivity contribution is 0.102. The molecule has 3 N–H and O–H groups in total. The van der Waals surface area contributed by atoms with Crippen LogP contribution >= 0.6 is 11.6 Å². The third-order valence-electron chi connectivity index (χ3n) is 3.90. The molecule has 1 aromatic heterocycles. The summed E-state index contributed by atoms with van der Waals surface area (Å²) in [5, 5.41) is 12.5. The number of carbonyl (C=O) groups is 1. The van der Waals surface area contributed by atoms with Crippen molar-refractivity contribution in [3.05, 3.63) is 88.6 Å². The summed E-state index contributed by atoms with van der Waals surface area (Å²) in [5.41, 5.74) is 8.25.